The van der Waals surface area contributed by atoms with Crippen molar-refractivity contribution in [1.82, 2.24) is 24.9 Å². The first-order valence-corrected chi connectivity index (χ1v) is 7.60. The van der Waals surface area contributed by atoms with Crippen LogP contribution in [0.5, 0.6) is 0 Å². The van der Waals surface area contributed by atoms with Gasteiger partial charge in [0.15, 0.2) is 0 Å². The molecule has 0 radical (unpaired) electrons. The molecule has 1 aliphatic carbocycles. The number of rotatable bonds is 6. The molecule has 5 nitrogen and oxygen atoms in total. The summed E-state index contributed by atoms with van der Waals surface area (Å²) >= 11 is 0. The second kappa shape index (κ2) is 7.61. The van der Waals surface area contributed by atoms with E-state index in [9.17, 15) is 0 Å². The second-order valence-electron chi connectivity index (χ2n) is 5.57. The first-order valence-electron chi connectivity index (χ1n) is 7.60. The summed E-state index contributed by atoms with van der Waals surface area (Å²) in [6, 6.07) is 0.631. The average Bonchev–Trinajstić information content (AvgIpc) is 3.20. The lowest BCUT2D eigenvalue weighted by molar-refractivity contribution is 0.466. The van der Waals surface area contributed by atoms with E-state index in [0.29, 0.717) is 6.04 Å². The van der Waals surface area contributed by atoms with Crippen LogP contribution in [0.15, 0.2) is 24.8 Å². The predicted molar refractivity (Wildman–Crippen MR) is 85.4 cm³/mol. The van der Waals surface area contributed by atoms with Gasteiger partial charge in [-0.25, -0.2) is 0 Å². The second-order valence-corrected chi connectivity index (χ2v) is 5.57. The molecule has 1 aliphatic rings. The molecule has 0 amide bonds. The van der Waals surface area contributed by atoms with E-state index in [4.69, 9.17) is 0 Å². The summed E-state index contributed by atoms with van der Waals surface area (Å²) in [5, 5.41) is 12.2. The van der Waals surface area contributed by atoms with Crippen LogP contribution in [0.25, 0.3) is 0 Å². The van der Waals surface area contributed by atoms with Gasteiger partial charge in [0.2, 0.25) is 0 Å². The van der Waals surface area contributed by atoms with Gasteiger partial charge >= 0.3 is 0 Å². The fraction of sp³-hybridized carbons (Fsp3) is 0.600. The normalized spacial score (nSPS) is 15.3. The van der Waals surface area contributed by atoms with Gasteiger partial charge in [0.1, 0.15) is 0 Å². The standard InChI is InChI=1S/C15H23N5.ClH/c1-2-19-11-13(9-17-19)7-16-8-14-10-18-20(12-14)15-5-3-4-6-15;/h9-12,15-16H,2-8H2,1H3;1H. The van der Waals surface area contributed by atoms with Crippen LogP contribution in [-0.2, 0) is 19.6 Å². The number of aromatic nitrogens is 4. The van der Waals surface area contributed by atoms with Crippen molar-refractivity contribution in [3.8, 4) is 0 Å². The lowest BCUT2D eigenvalue weighted by Gasteiger charge is -2.08. The minimum Gasteiger partial charge on any atom is -0.308 e. The number of halogens is 1. The van der Waals surface area contributed by atoms with E-state index in [1.807, 2.05) is 17.1 Å². The zero-order valence-electron chi connectivity index (χ0n) is 12.5. The van der Waals surface area contributed by atoms with E-state index >= 15 is 0 Å². The van der Waals surface area contributed by atoms with Gasteiger partial charge in [-0.15, -0.1) is 12.4 Å². The van der Waals surface area contributed by atoms with Crippen LogP contribution in [0.1, 0.15) is 49.8 Å². The van der Waals surface area contributed by atoms with Gasteiger partial charge in [0, 0.05) is 43.2 Å². The van der Waals surface area contributed by atoms with E-state index in [1.54, 1.807) is 0 Å². The Morgan fingerprint density at radius 2 is 1.76 bits per heavy atom. The number of nitrogens with zero attached hydrogens (tertiary/aromatic N) is 4. The van der Waals surface area contributed by atoms with Gasteiger partial charge in [0.25, 0.3) is 0 Å². The predicted octanol–water partition coefficient (Wildman–Crippen LogP) is 2.93. The Morgan fingerprint density at radius 3 is 2.43 bits per heavy atom. The van der Waals surface area contributed by atoms with Crippen LogP contribution >= 0.6 is 12.4 Å². The fourth-order valence-electron chi connectivity index (χ4n) is 2.86. The highest BCUT2D eigenvalue weighted by Gasteiger charge is 2.17. The van der Waals surface area contributed by atoms with Gasteiger partial charge in [-0.3, -0.25) is 9.36 Å². The number of nitrogens with one attached hydrogen (secondary N) is 1. The molecule has 0 atom stereocenters. The topological polar surface area (TPSA) is 47.7 Å². The van der Waals surface area contributed by atoms with Crippen LogP contribution in [0.2, 0.25) is 0 Å². The van der Waals surface area contributed by atoms with E-state index in [2.05, 4.69) is 39.5 Å². The van der Waals surface area contributed by atoms with Crippen molar-refractivity contribution in [3.63, 3.8) is 0 Å². The molecule has 0 spiro atoms. The Kier molecular flexibility index (Phi) is 5.82. The minimum atomic E-state index is 0. The van der Waals surface area contributed by atoms with E-state index in [1.165, 1.54) is 36.8 Å². The van der Waals surface area contributed by atoms with Gasteiger partial charge in [0.05, 0.1) is 18.4 Å². The lowest BCUT2D eigenvalue weighted by Crippen LogP contribution is -2.12. The molecule has 6 heteroatoms. The van der Waals surface area contributed by atoms with Crippen molar-refractivity contribution in [3.05, 3.63) is 35.9 Å². The van der Waals surface area contributed by atoms with Crippen molar-refractivity contribution < 1.29 is 0 Å². The van der Waals surface area contributed by atoms with Gasteiger partial charge < -0.3 is 5.32 Å². The summed E-state index contributed by atoms with van der Waals surface area (Å²) in [5.74, 6) is 0. The molecular formula is C15H24ClN5. The molecule has 1 fully saturated rings. The molecular weight excluding hydrogens is 286 g/mol. The van der Waals surface area contributed by atoms with Crippen molar-refractivity contribution >= 4 is 12.4 Å². The quantitative estimate of drug-likeness (QED) is 0.892. The molecule has 0 unspecified atom stereocenters. The Hall–Kier alpha value is -1.33. The highest BCUT2D eigenvalue weighted by atomic mass is 35.5. The summed E-state index contributed by atoms with van der Waals surface area (Å²) in [6.45, 7) is 4.74. The molecule has 2 heterocycles. The summed E-state index contributed by atoms with van der Waals surface area (Å²) in [5.41, 5.74) is 2.50. The van der Waals surface area contributed by atoms with Crippen molar-refractivity contribution in [2.75, 3.05) is 0 Å². The van der Waals surface area contributed by atoms with Crippen molar-refractivity contribution in [1.29, 1.82) is 0 Å². The minimum absolute atomic E-state index is 0. The Labute approximate surface area is 132 Å². The van der Waals surface area contributed by atoms with E-state index in [-0.39, 0.29) is 12.4 Å². The first-order chi connectivity index (χ1) is 9.85. The summed E-state index contributed by atoms with van der Waals surface area (Å²) < 4.78 is 4.11. The largest absolute Gasteiger partial charge is 0.308 e. The van der Waals surface area contributed by atoms with Gasteiger partial charge in [-0.05, 0) is 19.8 Å². The molecule has 2 aromatic rings. The third-order valence-electron chi connectivity index (χ3n) is 4.02. The maximum atomic E-state index is 4.50. The number of hydrogen-bond acceptors (Lipinski definition) is 3. The van der Waals surface area contributed by atoms with Gasteiger partial charge in [-0.2, -0.15) is 10.2 Å². The molecule has 0 saturated heterocycles. The zero-order valence-corrected chi connectivity index (χ0v) is 13.4. The third kappa shape index (κ3) is 4.08. The van der Waals surface area contributed by atoms with Crippen molar-refractivity contribution in [2.45, 2.75) is 58.3 Å². The molecule has 2 aromatic heterocycles. The maximum absolute atomic E-state index is 4.50. The highest BCUT2D eigenvalue weighted by molar-refractivity contribution is 5.85. The lowest BCUT2D eigenvalue weighted by atomic mass is 10.2. The maximum Gasteiger partial charge on any atom is 0.0534 e. The number of aryl methyl sites for hydroxylation is 1. The molecule has 1 saturated carbocycles. The van der Waals surface area contributed by atoms with Crippen LogP contribution < -0.4 is 5.32 Å². The molecule has 21 heavy (non-hydrogen) atoms. The Balaban J connectivity index is 0.00000161. The van der Waals surface area contributed by atoms with Crippen LogP contribution in [-0.4, -0.2) is 19.6 Å². The number of hydrogen-bond donors (Lipinski definition) is 1. The third-order valence-corrected chi connectivity index (χ3v) is 4.02. The van der Waals surface area contributed by atoms with Crippen molar-refractivity contribution in [2.24, 2.45) is 0 Å². The Bertz CT molecular complexity index is 542. The highest BCUT2D eigenvalue weighted by Crippen LogP contribution is 2.28. The zero-order chi connectivity index (χ0) is 13.8. The fourth-order valence-corrected chi connectivity index (χ4v) is 2.86. The van der Waals surface area contributed by atoms with Crippen LogP contribution in [0.4, 0.5) is 0 Å². The average molecular weight is 310 g/mol. The molecule has 0 aromatic carbocycles. The molecule has 116 valence electrons. The summed E-state index contributed by atoms with van der Waals surface area (Å²) in [7, 11) is 0. The summed E-state index contributed by atoms with van der Waals surface area (Å²) in [6.07, 6.45) is 13.5. The van der Waals surface area contributed by atoms with Crippen LogP contribution in [0, 0.1) is 0 Å². The molecule has 3 rings (SSSR count). The molecule has 0 bridgehead atoms. The SMILES string of the molecule is CCn1cc(CNCc2cnn(C3CCCC3)c2)cn1.Cl. The van der Waals surface area contributed by atoms with E-state index < -0.39 is 0 Å². The Morgan fingerprint density at radius 1 is 1.10 bits per heavy atom. The first kappa shape index (κ1) is 16.0. The smallest absolute Gasteiger partial charge is 0.0534 e. The van der Waals surface area contributed by atoms with Gasteiger partial charge in [-0.1, -0.05) is 12.8 Å². The monoisotopic (exact) mass is 309 g/mol. The molecule has 0 aliphatic heterocycles. The van der Waals surface area contributed by atoms with E-state index in [0.717, 1.165) is 19.6 Å². The molecule has 1 N–H and O–H groups in total. The van der Waals surface area contributed by atoms with Crippen LogP contribution in [0.3, 0.4) is 0 Å². The summed E-state index contributed by atoms with van der Waals surface area (Å²) in [4.78, 5) is 0.